The van der Waals surface area contributed by atoms with Gasteiger partial charge in [-0.3, -0.25) is 0 Å². The monoisotopic (exact) mass is 268 g/mol. The van der Waals surface area contributed by atoms with Crippen LogP contribution in [0.3, 0.4) is 0 Å². The summed E-state index contributed by atoms with van der Waals surface area (Å²) in [5.74, 6) is 0. The van der Waals surface area contributed by atoms with Gasteiger partial charge in [0, 0.05) is 4.47 Å². The van der Waals surface area contributed by atoms with Crippen molar-refractivity contribution in [2.24, 2.45) is 0 Å². The standard InChI is InChI=1S/C13H17BrO/c1-10(15)6-7-13(8-9-13)11-2-4-12(14)5-3-11/h2-5,10,15H,6-9H2,1H3/t10-/m0/s1. The van der Waals surface area contributed by atoms with E-state index in [9.17, 15) is 5.11 Å². The van der Waals surface area contributed by atoms with E-state index in [1.54, 1.807) is 0 Å². The number of aliphatic hydroxyl groups excluding tert-OH is 1. The quantitative estimate of drug-likeness (QED) is 0.884. The maximum absolute atomic E-state index is 9.33. The van der Waals surface area contributed by atoms with Crippen molar-refractivity contribution in [2.45, 2.75) is 44.1 Å². The number of benzene rings is 1. The first-order chi connectivity index (χ1) is 7.12. The van der Waals surface area contributed by atoms with E-state index in [-0.39, 0.29) is 6.10 Å². The van der Waals surface area contributed by atoms with Crippen molar-refractivity contribution in [3.63, 3.8) is 0 Å². The summed E-state index contributed by atoms with van der Waals surface area (Å²) in [5.41, 5.74) is 1.82. The summed E-state index contributed by atoms with van der Waals surface area (Å²) >= 11 is 3.45. The van der Waals surface area contributed by atoms with Crippen LogP contribution < -0.4 is 0 Å². The number of halogens is 1. The van der Waals surface area contributed by atoms with Crippen molar-refractivity contribution in [1.82, 2.24) is 0 Å². The molecular weight excluding hydrogens is 252 g/mol. The Balaban J connectivity index is 2.06. The molecule has 2 rings (SSSR count). The van der Waals surface area contributed by atoms with E-state index in [1.807, 2.05) is 6.92 Å². The van der Waals surface area contributed by atoms with Gasteiger partial charge in [-0.1, -0.05) is 28.1 Å². The molecule has 1 aliphatic carbocycles. The molecule has 0 heterocycles. The van der Waals surface area contributed by atoms with Gasteiger partial charge >= 0.3 is 0 Å². The summed E-state index contributed by atoms with van der Waals surface area (Å²) in [4.78, 5) is 0. The Kier molecular flexibility index (Phi) is 3.17. The Hall–Kier alpha value is -0.340. The first kappa shape index (κ1) is 11.2. The minimum Gasteiger partial charge on any atom is -0.393 e. The summed E-state index contributed by atoms with van der Waals surface area (Å²) < 4.78 is 1.14. The van der Waals surface area contributed by atoms with Crippen LogP contribution in [0.2, 0.25) is 0 Å². The van der Waals surface area contributed by atoms with Crippen LogP contribution in [0.4, 0.5) is 0 Å². The average molecular weight is 269 g/mol. The van der Waals surface area contributed by atoms with Crippen LogP contribution in [-0.2, 0) is 5.41 Å². The molecule has 15 heavy (non-hydrogen) atoms. The molecule has 1 saturated carbocycles. The Bertz CT molecular complexity index is 325. The number of aliphatic hydroxyl groups is 1. The average Bonchev–Trinajstić information content (AvgIpc) is 2.97. The third-order valence-corrected chi connectivity index (χ3v) is 3.88. The van der Waals surface area contributed by atoms with Gasteiger partial charge in [0.25, 0.3) is 0 Å². The Morgan fingerprint density at radius 3 is 2.40 bits per heavy atom. The van der Waals surface area contributed by atoms with E-state index >= 15 is 0 Å². The van der Waals surface area contributed by atoms with Crippen molar-refractivity contribution >= 4 is 15.9 Å². The largest absolute Gasteiger partial charge is 0.393 e. The van der Waals surface area contributed by atoms with Crippen LogP contribution in [0.1, 0.15) is 38.2 Å². The van der Waals surface area contributed by atoms with Crippen molar-refractivity contribution < 1.29 is 5.11 Å². The van der Waals surface area contributed by atoms with Gasteiger partial charge in [-0.05, 0) is 55.7 Å². The zero-order valence-electron chi connectivity index (χ0n) is 9.04. The lowest BCUT2D eigenvalue weighted by molar-refractivity contribution is 0.177. The Morgan fingerprint density at radius 1 is 1.33 bits per heavy atom. The van der Waals surface area contributed by atoms with E-state index in [2.05, 4.69) is 40.2 Å². The molecule has 1 atom stereocenters. The first-order valence-corrected chi connectivity index (χ1v) is 6.36. The molecule has 0 aliphatic heterocycles. The van der Waals surface area contributed by atoms with Crippen molar-refractivity contribution in [3.8, 4) is 0 Å². The molecule has 0 unspecified atom stereocenters. The topological polar surface area (TPSA) is 20.2 Å². The highest BCUT2D eigenvalue weighted by Crippen LogP contribution is 2.52. The van der Waals surface area contributed by atoms with Crippen LogP contribution in [0, 0.1) is 0 Å². The molecule has 1 fully saturated rings. The van der Waals surface area contributed by atoms with Gasteiger partial charge in [-0.2, -0.15) is 0 Å². The lowest BCUT2D eigenvalue weighted by atomic mass is 9.90. The fourth-order valence-electron chi connectivity index (χ4n) is 2.12. The maximum atomic E-state index is 9.33. The third kappa shape index (κ3) is 2.61. The molecule has 1 aromatic carbocycles. The molecular formula is C13H17BrO. The van der Waals surface area contributed by atoms with E-state index in [0.717, 1.165) is 17.3 Å². The van der Waals surface area contributed by atoms with E-state index in [1.165, 1.54) is 18.4 Å². The molecule has 0 saturated heterocycles. The Labute approximate surface area is 99.6 Å². The Morgan fingerprint density at radius 2 is 1.93 bits per heavy atom. The fourth-order valence-corrected chi connectivity index (χ4v) is 2.39. The maximum Gasteiger partial charge on any atom is 0.0512 e. The zero-order valence-corrected chi connectivity index (χ0v) is 10.6. The normalized spacial score (nSPS) is 19.9. The fraction of sp³-hybridized carbons (Fsp3) is 0.538. The molecule has 0 aromatic heterocycles. The van der Waals surface area contributed by atoms with Crippen molar-refractivity contribution in [2.75, 3.05) is 0 Å². The molecule has 0 bridgehead atoms. The first-order valence-electron chi connectivity index (χ1n) is 5.56. The second-order valence-electron chi connectivity index (χ2n) is 4.67. The van der Waals surface area contributed by atoms with Gasteiger partial charge in [0.1, 0.15) is 0 Å². The number of hydrogen-bond acceptors (Lipinski definition) is 1. The predicted octanol–water partition coefficient (Wildman–Crippen LogP) is 3.64. The molecule has 1 N–H and O–H groups in total. The highest BCUT2D eigenvalue weighted by atomic mass is 79.9. The summed E-state index contributed by atoms with van der Waals surface area (Å²) in [7, 11) is 0. The molecule has 0 spiro atoms. The molecule has 1 aromatic rings. The highest BCUT2D eigenvalue weighted by Gasteiger charge is 2.43. The second-order valence-corrected chi connectivity index (χ2v) is 5.59. The van der Waals surface area contributed by atoms with Gasteiger partial charge in [0.15, 0.2) is 0 Å². The van der Waals surface area contributed by atoms with Gasteiger partial charge in [0.05, 0.1) is 6.10 Å². The summed E-state index contributed by atoms with van der Waals surface area (Å²) in [6.07, 6.45) is 4.42. The van der Waals surface area contributed by atoms with Crippen LogP contribution in [0.25, 0.3) is 0 Å². The summed E-state index contributed by atoms with van der Waals surface area (Å²) in [6, 6.07) is 8.63. The lowest BCUT2D eigenvalue weighted by Gasteiger charge is -2.16. The summed E-state index contributed by atoms with van der Waals surface area (Å²) in [5, 5.41) is 9.33. The summed E-state index contributed by atoms with van der Waals surface area (Å²) in [6.45, 7) is 1.87. The SMILES string of the molecule is C[C@H](O)CCC1(c2ccc(Br)cc2)CC1. The van der Waals surface area contributed by atoms with E-state index in [0.29, 0.717) is 5.41 Å². The molecule has 0 amide bonds. The van der Waals surface area contributed by atoms with Gasteiger partial charge in [-0.15, -0.1) is 0 Å². The zero-order chi connectivity index (χ0) is 10.9. The van der Waals surface area contributed by atoms with Crippen LogP contribution in [0.15, 0.2) is 28.7 Å². The number of hydrogen-bond donors (Lipinski definition) is 1. The van der Waals surface area contributed by atoms with Gasteiger partial charge < -0.3 is 5.11 Å². The second kappa shape index (κ2) is 4.26. The molecule has 0 radical (unpaired) electrons. The van der Waals surface area contributed by atoms with Gasteiger partial charge in [-0.25, -0.2) is 0 Å². The van der Waals surface area contributed by atoms with Crippen LogP contribution >= 0.6 is 15.9 Å². The smallest absolute Gasteiger partial charge is 0.0512 e. The van der Waals surface area contributed by atoms with E-state index < -0.39 is 0 Å². The molecule has 82 valence electrons. The highest BCUT2D eigenvalue weighted by molar-refractivity contribution is 9.10. The minimum atomic E-state index is -0.169. The van der Waals surface area contributed by atoms with Crippen LogP contribution in [-0.4, -0.2) is 11.2 Å². The third-order valence-electron chi connectivity index (χ3n) is 3.35. The molecule has 1 nitrogen and oxygen atoms in total. The predicted molar refractivity (Wildman–Crippen MR) is 66.0 cm³/mol. The number of rotatable bonds is 4. The molecule has 2 heteroatoms. The van der Waals surface area contributed by atoms with Gasteiger partial charge in [0.2, 0.25) is 0 Å². The van der Waals surface area contributed by atoms with E-state index in [4.69, 9.17) is 0 Å². The lowest BCUT2D eigenvalue weighted by Crippen LogP contribution is -2.10. The minimum absolute atomic E-state index is 0.169. The molecule has 1 aliphatic rings. The van der Waals surface area contributed by atoms with Crippen molar-refractivity contribution in [1.29, 1.82) is 0 Å². The van der Waals surface area contributed by atoms with Crippen LogP contribution in [0.5, 0.6) is 0 Å². The van der Waals surface area contributed by atoms with Crippen molar-refractivity contribution in [3.05, 3.63) is 34.3 Å².